The molecule has 100 valence electrons. The first-order valence-corrected chi connectivity index (χ1v) is 5.77. The first-order valence-electron chi connectivity index (χ1n) is 5.36. The zero-order valence-corrected chi connectivity index (χ0v) is 10.4. The second kappa shape index (κ2) is 4.88. The molecular weight excluding hydrogens is 263 g/mol. The van der Waals surface area contributed by atoms with E-state index in [0.29, 0.717) is 5.56 Å². The van der Waals surface area contributed by atoms with Gasteiger partial charge in [0.25, 0.3) is 5.56 Å². The molecule has 0 saturated carbocycles. The number of aliphatic hydroxyl groups excluding tert-OH is 2. The van der Waals surface area contributed by atoms with E-state index in [9.17, 15) is 14.3 Å². The SMILES string of the molecule is Cc1cn([C@H]2OC(CO)[C@@H](O)[C@H]2F)c(=S)[nH]c1=O. The molecule has 3 N–H and O–H groups in total. The number of hydrogen-bond donors (Lipinski definition) is 3. The smallest absolute Gasteiger partial charge is 0.254 e. The lowest BCUT2D eigenvalue weighted by Gasteiger charge is -2.17. The first-order chi connectivity index (χ1) is 8.45. The molecule has 6 nitrogen and oxygen atoms in total. The van der Waals surface area contributed by atoms with Crippen LogP contribution in [0.3, 0.4) is 0 Å². The van der Waals surface area contributed by atoms with E-state index in [1.54, 1.807) is 6.92 Å². The summed E-state index contributed by atoms with van der Waals surface area (Å²) in [5.74, 6) is 0. The van der Waals surface area contributed by atoms with Gasteiger partial charge in [0, 0.05) is 11.8 Å². The number of halogens is 1. The third-order valence-electron chi connectivity index (χ3n) is 2.89. The minimum absolute atomic E-state index is 0.00374. The van der Waals surface area contributed by atoms with Crippen LogP contribution in [0.2, 0.25) is 0 Å². The van der Waals surface area contributed by atoms with Gasteiger partial charge in [-0.2, -0.15) is 0 Å². The zero-order valence-electron chi connectivity index (χ0n) is 9.54. The molecule has 4 atom stereocenters. The number of nitrogens with zero attached hydrogens (tertiary/aromatic N) is 1. The highest BCUT2D eigenvalue weighted by molar-refractivity contribution is 7.71. The monoisotopic (exact) mass is 276 g/mol. The summed E-state index contributed by atoms with van der Waals surface area (Å²) < 4.78 is 20.3. The summed E-state index contributed by atoms with van der Waals surface area (Å²) >= 11 is 4.92. The number of H-pyrrole nitrogens is 1. The van der Waals surface area contributed by atoms with Crippen LogP contribution in [0.4, 0.5) is 4.39 Å². The molecule has 1 aromatic rings. The minimum Gasteiger partial charge on any atom is -0.394 e. The summed E-state index contributed by atoms with van der Waals surface area (Å²) in [6, 6.07) is 0. The van der Waals surface area contributed by atoms with E-state index in [4.69, 9.17) is 22.1 Å². The normalized spacial score (nSPS) is 31.8. The van der Waals surface area contributed by atoms with Crippen LogP contribution in [0.15, 0.2) is 11.0 Å². The van der Waals surface area contributed by atoms with Gasteiger partial charge >= 0.3 is 0 Å². The van der Waals surface area contributed by atoms with Crippen LogP contribution in [0.25, 0.3) is 0 Å². The molecule has 0 aliphatic carbocycles. The van der Waals surface area contributed by atoms with Gasteiger partial charge in [-0.05, 0) is 19.1 Å². The Morgan fingerprint density at radius 3 is 2.89 bits per heavy atom. The molecule has 0 aromatic carbocycles. The maximum absolute atomic E-state index is 13.9. The molecule has 0 amide bonds. The zero-order chi connectivity index (χ0) is 13.4. The number of alkyl halides is 1. The highest BCUT2D eigenvalue weighted by Gasteiger charge is 2.44. The fourth-order valence-corrected chi connectivity index (χ4v) is 2.10. The van der Waals surface area contributed by atoms with Gasteiger partial charge in [0.05, 0.1) is 6.61 Å². The Morgan fingerprint density at radius 2 is 2.33 bits per heavy atom. The van der Waals surface area contributed by atoms with Crippen LogP contribution in [0.1, 0.15) is 11.8 Å². The molecule has 8 heteroatoms. The standard InChI is InChI=1S/C10H13FN2O4S/c1-4-2-13(10(18)12-8(4)16)9-6(11)7(15)5(3-14)17-9/h2,5-7,9,14-15H,3H2,1H3,(H,12,16,18)/t5?,6-,7-,9+/m1/s1. The number of aromatic nitrogens is 2. The Hall–Kier alpha value is -1.09. The average Bonchev–Trinajstić information content (AvgIpc) is 2.61. The van der Waals surface area contributed by atoms with Crippen LogP contribution in [0.5, 0.6) is 0 Å². The van der Waals surface area contributed by atoms with Gasteiger partial charge in [0.1, 0.15) is 12.2 Å². The predicted molar refractivity (Wildman–Crippen MR) is 62.5 cm³/mol. The van der Waals surface area contributed by atoms with E-state index in [1.807, 2.05) is 0 Å². The third-order valence-corrected chi connectivity index (χ3v) is 3.21. The van der Waals surface area contributed by atoms with Gasteiger partial charge in [-0.3, -0.25) is 14.3 Å². The van der Waals surface area contributed by atoms with Crippen molar-refractivity contribution < 1.29 is 19.3 Å². The van der Waals surface area contributed by atoms with Crippen LogP contribution < -0.4 is 5.56 Å². The summed E-state index contributed by atoms with van der Waals surface area (Å²) in [6.07, 6.45) is -3.93. The Labute approximate surface area is 107 Å². The van der Waals surface area contributed by atoms with Crippen molar-refractivity contribution in [2.45, 2.75) is 31.5 Å². The topological polar surface area (TPSA) is 87.5 Å². The molecule has 0 radical (unpaired) electrons. The van der Waals surface area contributed by atoms with Crippen LogP contribution in [-0.2, 0) is 4.74 Å². The van der Waals surface area contributed by atoms with Crippen molar-refractivity contribution in [3.05, 3.63) is 26.9 Å². The van der Waals surface area contributed by atoms with E-state index in [-0.39, 0.29) is 10.3 Å². The van der Waals surface area contributed by atoms with E-state index in [1.165, 1.54) is 10.8 Å². The number of aromatic amines is 1. The summed E-state index contributed by atoms with van der Waals surface area (Å²) in [6.45, 7) is 1.06. The lowest BCUT2D eigenvalue weighted by atomic mass is 10.1. The van der Waals surface area contributed by atoms with Gasteiger partial charge in [0.15, 0.2) is 17.2 Å². The van der Waals surface area contributed by atoms with Gasteiger partial charge in [-0.25, -0.2) is 4.39 Å². The molecule has 1 aromatic heterocycles. The summed E-state index contributed by atoms with van der Waals surface area (Å²) in [5, 5.41) is 18.5. The quantitative estimate of drug-likeness (QED) is 0.651. The van der Waals surface area contributed by atoms with E-state index in [0.717, 1.165) is 0 Å². The number of hydrogen-bond acceptors (Lipinski definition) is 5. The largest absolute Gasteiger partial charge is 0.394 e. The first kappa shape index (κ1) is 13.3. The lowest BCUT2D eigenvalue weighted by molar-refractivity contribution is -0.0484. The average molecular weight is 276 g/mol. The fraction of sp³-hybridized carbons (Fsp3) is 0.600. The maximum Gasteiger partial charge on any atom is 0.254 e. The molecule has 2 rings (SSSR count). The molecule has 1 unspecified atom stereocenters. The number of aliphatic hydroxyl groups is 2. The summed E-state index contributed by atoms with van der Waals surface area (Å²) in [7, 11) is 0. The summed E-state index contributed by atoms with van der Waals surface area (Å²) in [4.78, 5) is 13.7. The molecule has 0 spiro atoms. The highest BCUT2D eigenvalue weighted by Crippen LogP contribution is 2.31. The molecule has 1 saturated heterocycles. The van der Waals surface area contributed by atoms with Crippen molar-refractivity contribution in [2.24, 2.45) is 0 Å². The second-order valence-electron chi connectivity index (χ2n) is 4.16. The van der Waals surface area contributed by atoms with Gasteiger partial charge in [-0.1, -0.05) is 0 Å². The number of ether oxygens (including phenoxy) is 1. The summed E-state index contributed by atoms with van der Waals surface area (Å²) in [5.41, 5.74) is -0.00903. The number of rotatable bonds is 2. The second-order valence-corrected chi connectivity index (χ2v) is 4.55. The van der Waals surface area contributed by atoms with Crippen molar-refractivity contribution >= 4 is 12.2 Å². The highest BCUT2D eigenvalue weighted by atomic mass is 32.1. The molecular formula is C10H13FN2O4S. The maximum atomic E-state index is 13.9. The Balaban J connectivity index is 2.42. The van der Waals surface area contributed by atoms with Crippen LogP contribution in [0, 0.1) is 11.7 Å². The molecule has 1 aliphatic rings. The molecule has 18 heavy (non-hydrogen) atoms. The Bertz CT molecular complexity index is 558. The molecule has 2 heterocycles. The molecule has 1 fully saturated rings. The van der Waals surface area contributed by atoms with Crippen molar-refractivity contribution in [2.75, 3.05) is 6.61 Å². The van der Waals surface area contributed by atoms with E-state index in [2.05, 4.69) is 4.98 Å². The molecule has 0 bridgehead atoms. The van der Waals surface area contributed by atoms with Gasteiger partial charge in [0.2, 0.25) is 0 Å². The van der Waals surface area contributed by atoms with Crippen LogP contribution >= 0.6 is 12.2 Å². The Morgan fingerprint density at radius 1 is 1.67 bits per heavy atom. The minimum atomic E-state index is -1.72. The van der Waals surface area contributed by atoms with Crippen molar-refractivity contribution in [1.82, 2.24) is 9.55 Å². The third kappa shape index (κ3) is 2.12. The Kier molecular flexibility index (Phi) is 3.62. The molecule has 1 aliphatic heterocycles. The van der Waals surface area contributed by atoms with Crippen molar-refractivity contribution in [3.63, 3.8) is 0 Å². The van der Waals surface area contributed by atoms with E-state index < -0.39 is 31.2 Å². The van der Waals surface area contributed by atoms with Gasteiger partial charge < -0.3 is 14.9 Å². The van der Waals surface area contributed by atoms with Crippen LogP contribution in [-0.4, -0.2) is 44.8 Å². The van der Waals surface area contributed by atoms with Crippen molar-refractivity contribution in [1.29, 1.82) is 0 Å². The lowest BCUT2D eigenvalue weighted by Crippen LogP contribution is -2.30. The van der Waals surface area contributed by atoms with E-state index >= 15 is 0 Å². The number of nitrogens with one attached hydrogen (secondary N) is 1. The van der Waals surface area contributed by atoms with Crippen molar-refractivity contribution in [3.8, 4) is 0 Å². The fourth-order valence-electron chi connectivity index (χ4n) is 1.85. The predicted octanol–water partition coefficient (Wildman–Crippen LogP) is -0.197. The number of aryl methyl sites for hydroxylation is 1. The van der Waals surface area contributed by atoms with Gasteiger partial charge in [-0.15, -0.1) is 0 Å².